The summed E-state index contributed by atoms with van der Waals surface area (Å²) in [6, 6.07) is 5.58. The van der Waals surface area contributed by atoms with Gasteiger partial charge in [0.1, 0.15) is 0 Å². The molecule has 3 aliphatic heterocycles. The molecule has 2 atom stereocenters. The van der Waals surface area contributed by atoms with Crippen LogP contribution >= 0.6 is 23.4 Å². The van der Waals surface area contributed by atoms with E-state index in [1.807, 2.05) is 12.1 Å². The van der Waals surface area contributed by atoms with Crippen molar-refractivity contribution in [1.82, 2.24) is 4.90 Å². The predicted molar refractivity (Wildman–Crippen MR) is 91.2 cm³/mol. The van der Waals surface area contributed by atoms with Crippen molar-refractivity contribution in [3.63, 3.8) is 0 Å². The van der Waals surface area contributed by atoms with Gasteiger partial charge >= 0.3 is 0 Å². The van der Waals surface area contributed by atoms with E-state index < -0.39 is 20.9 Å². The second-order valence-electron chi connectivity index (χ2n) is 5.41. The summed E-state index contributed by atoms with van der Waals surface area (Å²) in [4.78, 5) is 6.01. The molecule has 1 aromatic rings. The van der Waals surface area contributed by atoms with Gasteiger partial charge in [0.25, 0.3) is 10.0 Å². The highest BCUT2D eigenvalue weighted by molar-refractivity contribution is 8.14. The standard InChI is InChI=1S/C13H15ClN4O2S2/c14-11-12(18-5-6-21-13(18)16-11)22(19,20)17-9-2-1-8-3-4-15-10(8)7-9/h1-2,7,11-12,15,17H,3-6H2. The summed E-state index contributed by atoms with van der Waals surface area (Å²) in [5.41, 5.74) is 1.98. The fourth-order valence-corrected chi connectivity index (χ4v) is 6.24. The van der Waals surface area contributed by atoms with Crippen LogP contribution in [-0.2, 0) is 16.4 Å². The number of halogens is 1. The Kier molecular flexibility index (Phi) is 3.43. The maximum atomic E-state index is 12.7. The van der Waals surface area contributed by atoms with Crippen LogP contribution in [0.15, 0.2) is 23.2 Å². The Morgan fingerprint density at radius 1 is 1.45 bits per heavy atom. The van der Waals surface area contributed by atoms with Gasteiger partial charge in [0.05, 0.1) is 5.69 Å². The number of rotatable bonds is 3. The molecule has 118 valence electrons. The first-order valence-corrected chi connectivity index (χ1v) is 10.0. The zero-order valence-corrected chi connectivity index (χ0v) is 14.0. The quantitative estimate of drug-likeness (QED) is 0.635. The zero-order valence-electron chi connectivity index (χ0n) is 11.6. The van der Waals surface area contributed by atoms with E-state index in [-0.39, 0.29) is 0 Å². The molecular weight excluding hydrogens is 344 g/mol. The third kappa shape index (κ3) is 2.33. The van der Waals surface area contributed by atoms with Crippen LogP contribution in [0.5, 0.6) is 0 Å². The molecule has 3 aliphatic rings. The van der Waals surface area contributed by atoms with Crippen molar-refractivity contribution in [3.8, 4) is 0 Å². The number of alkyl halides is 1. The zero-order chi connectivity index (χ0) is 15.3. The molecule has 1 saturated heterocycles. The van der Waals surface area contributed by atoms with E-state index in [1.165, 1.54) is 5.56 Å². The number of aliphatic imine (C=N–C) groups is 1. The molecular formula is C13H15ClN4O2S2. The molecule has 1 fully saturated rings. The lowest BCUT2D eigenvalue weighted by Crippen LogP contribution is -2.44. The smallest absolute Gasteiger partial charge is 0.257 e. The third-order valence-electron chi connectivity index (χ3n) is 3.98. The lowest BCUT2D eigenvalue weighted by Gasteiger charge is -2.24. The maximum Gasteiger partial charge on any atom is 0.257 e. The minimum atomic E-state index is -3.65. The van der Waals surface area contributed by atoms with Crippen molar-refractivity contribution < 1.29 is 8.42 Å². The third-order valence-corrected chi connectivity index (χ3v) is 7.12. The van der Waals surface area contributed by atoms with Gasteiger partial charge < -0.3 is 10.2 Å². The molecule has 0 bridgehead atoms. The second kappa shape index (κ2) is 5.21. The van der Waals surface area contributed by atoms with Crippen LogP contribution in [0.4, 0.5) is 11.4 Å². The number of thioether (sulfide) groups is 1. The van der Waals surface area contributed by atoms with E-state index in [1.54, 1.807) is 22.7 Å². The molecule has 0 amide bonds. The normalized spacial score (nSPS) is 26.4. The van der Waals surface area contributed by atoms with Gasteiger partial charge in [-0.15, -0.1) is 0 Å². The van der Waals surface area contributed by atoms with E-state index in [2.05, 4.69) is 15.0 Å². The fourth-order valence-electron chi connectivity index (χ4n) is 2.97. The minimum Gasteiger partial charge on any atom is -0.384 e. The predicted octanol–water partition coefficient (Wildman–Crippen LogP) is 1.71. The average molecular weight is 359 g/mol. The Balaban J connectivity index is 1.59. The number of nitrogens with zero attached hydrogens (tertiary/aromatic N) is 2. The monoisotopic (exact) mass is 358 g/mol. The lowest BCUT2D eigenvalue weighted by molar-refractivity contribution is 0.431. The van der Waals surface area contributed by atoms with Gasteiger partial charge in [-0.05, 0) is 24.1 Å². The molecule has 0 saturated carbocycles. The van der Waals surface area contributed by atoms with Gasteiger partial charge in [-0.25, -0.2) is 13.4 Å². The number of anilines is 2. The van der Waals surface area contributed by atoms with Gasteiger partial charge in [-0.3, -0.25) is 4.72 Å². The van der Waals surface area contributed by atoms with Crippen LogP contribution in [0.25, 0.3) is 0 Å². The van der Waals surface area contributed by atoms with Crippen molar-refractivity contribution in [1.29, 1.82) is 0 Å². The summed E-state index contributed by atoms with van der Waals surface area (Å²) in [5.74, 6) is 0.844. The second-order valence-corrected chi connectivity index (χ2v) is 8.70. The van der Waals surface area contributed by atoms with Gasteiger partial charge in [0.2, 0.25) is 0 Å². The topological polar surface area (TPSA) is 73.8 Å². The van der Waals surface area contributed by atoms with Crippen LogP contribution in [0.1, 0.15) is 5.56 Å². The molecule has 4 rings (SSSR count). The van der Waals surface area contributed by atoms with Crippen LogP contribution < -0.4 is 10.0 Å². The number of nitrogens with one attached hydrogen (secondary N) is 2. The number of benzene rings is 1. The summed E-state index contributed by atoms with van der Waals surface area (Å²) in [5, 5.41) is 3.13. The van der Waals surface area contributed by atoms with E-state index in [9.17, 15) is 8.42 Å². The highest BCUT2D eigenvalue weighted by Crippen LogP contribution is 2.35. The summed E-state index contributed by atoms with van der Waals surface area (Å²) >= 11 is 7.70. The molecule has 6 nitrogen and oxygen atoms in total. The minimum absolute atomic E-state index is 0.553. The Morgan fingerprint density at radius 2 is 2.32 bits per heavy atom. The molecule has 9 heteroatoms. The summed E-state index contributed by atoms with van der Waals surface area (Å²) < 4.78 is 28.1. The van der Waals surface area contributed by atoms with Gasteiger partial charge in [0.15, 0.2) is 16.0 Å². The molecule has 3 heterocycles. The average Bonchev–Trinajstić information content (AvgIpc) is 3.11. The van der Waals surface area contributed by atoms with E-state index in [4.69, 9.17) is 11.6 Å². The Labute approximate surface area is 138 Å². The van der Waals surface area contributed by atoms with Crippen molar-refractivity contribution >= 4 is 49.9 Å². The highest BCUT2D eigenvalue weighted by atomic mass is 35.5. The number of hydrogen-bond donors (Lipinski definition) is 2. The number of sulfonamides is 1. The first-order chi connectivity index (χ1) is 10.5. The van der Waals surface area contributed by atoms with E-state index >= 15 is 0 Å². The summed E-state index contributed by atoms with van der Waals surface area (Å²) in [6.45, 7) is 1.55. The molecule has 0 radical (unpaired) electrons. The van der Waals surface area contributed by atoms with Crippen LogP contribution in [0, 0.1) is 0 Å². The number of amidine groups is 1. The Bertz CT molecular complexity index is 752. The first-order valence-electron chi connectivity index (χ1n) is 7.04. The van der Waals surface area contributed by atoms with Crippen molar-refractivity contribution in [2.45, 2.75) is 17.3 Å². The van der Waals surface area contributed by atoms with E-state index in [0.29, 0.717) is 12.2 Å². The van der Waals surface area contributed by atoms with Crippen LogP contribution in [0.2, 0.25) is 0 Å². The molecule has 2 N–H and O–H groups in total. The SMILES string of the molecule is O=S(=O)(Nc1ccc2c(c1)NCC2)C1C(Cl)N=C2SCCN21. The van der Waals surface area contributed by atoms with Crippen molar-refractivity contribution in [3.05, 3.63) is 23.8 Å². The highest BCUT2D eigenvalue weighted by Gasteiger charge is 2.46. The lowest BCUT2D eigenvalue weighted by atomic mass is 10.1. The Morgan fingerprint density at radius 3 is 3.18 bits per heavy atom. The van der Waals surface area contributed by atoms with Crippen molar-refractivity contribution in [2.75, 3.05) is 28.9 Å². The molecule has 1 aromatic carbocycles. The van der Waals surface area contributed by atoms with Crippen LogP contribution in [0.3, 0.4) is 0 Å². The summed E-state index contributed by atoms with van der Waals surface area (Å²) in [7, 11) is -3.65. The fraction of sp³-hybridized carbons (Fsp3) is 0.462. The van der Waals surface area contributed by atoms with Gasteiger partial charge in [0, 0.05) is 24.5 Å². The molecule has 0 aliphatic carbocycles. The van der Waals surface area contributed by atoms with Crippen molar-refractivity contribution in [2.24, 2.45) is 4.99 Å². The maximum absolute atomic E-state index is 12.7. The van der Waals surface area contributed by atoms with Crippen LogP contribution in [-0.4, -0.2) is 48.2 Å². The number of hydrogen-bond acceptors (Lipinski definition) is 6. The first kappa shape index (κ1) is 14.5. The van der Waals surface area contributed by atoms with Gasteiger partial charge in [-0.1, -0.05) is 29.4 Å². The molecule has 0 spiro atoms. The Hall–Kier alpha value is -1.12. The number of fused-ring (bicyclic) bond motifs is 2. The molecule has 0 aromatic heterocycles. The largest absolute Gasteiger partial charge is 0.384 e. The molecule has 2 unspecified atom stereocenters. The summed E-state index contributed by atoms with van der Waals surface area (Å²) in [6.07, 6.45) is 0.969. The molecule has 22 heavy (non-hydrogen) atoms. The van der Waals surface area contributed by atoms with Gasteiger partial charge in [-0.2, -0.15) is 0 Å². The van der Waals surface area contributed by atoms with E-state index in [0.717, 1.165) is 29.6 Å².